The number of amides is 1. The van der Waals surface area contributed by atoms with Gasteiger partial charge in [-0.1, -0.05) is 12.5 Å². The van der Waals surface area contributed by atoms with Gasteiger partial charge in [-0.05, 0) is 51.2 Å². The monoisotopic (exact) mass is 279 g/mol. The van der Waals surface area contributed by atoms with Gasteiger partial charge in [0.1, 0.15) is 0 Å². The fourth-order valence-electron chi connectivity index (χ4n) is 2.69. The Kier molecular flexibility index (Phi) is 4.99. The van der Waals surface area contributed by atoms with E-state index in [9.17, 15) is 9.18 Å². The summed E-state index contributed by atoms with van der Waals surface area (Å²) in [5.74, 6) is -0.299. The predicted molar refractivity (Wildman–Crippen MR) is 76.6 cm³/mol. The molecule has 0 spiro atoms. The van der Waals surface area contributed by atoms with Crippen LogP contribution in [0.5, 0.6) is 5.75 Å². The van der Waals surface area contributed by atoms with Gasteiger partial charge in [0, 0.05) is 18.7 Å². The SMILES string of the molecule is CCN(CC)C(=O)Oc1c(F)ccc2c1CCCCC2. The van der Waals surface area contributed by atoms with Crippen LogP contribution < -0.4 is 4.74 Å². The highest BCUT2D eigenvalue weighted by Gasteiger charge is 2.21. The Balaban J connectivity index is 2.29. The molecule has 0 unspecified atom stereocenters. The van der Waals surface area contributed by atoms with Gasteiger partial charge >= 0.3 is 6.09 Å². The first-order valence-electron chi connectivity index (χ1n) is 7.44. The maximum absolute atomic E-state index is 14.0. The molecule has 0 radical (unpaired) electrons. The lowest BCUT2D eigenvalue weighted by atomic mass is 10.0. The minimum atomic E-state index is -0.466. The highest BCUT2D eigenvalue weighted by Crippen LogP contribution is 2.31. The molecule has 0 N–H and O–H groups in total. The summed E-state index contributed by atoms with van der Waals surface area (Å²) in [6.45, 7) is 4.89. The quantitative estimate of drug-likeness (QED) is 0.784. The van der Waals surface area contributed by atoms with Crippen molar-refractivity contribution < 1.29 is 13.9 Å². The van der Waals surface area contributed by atoms with Crippen LogP contribution in [-0.2, 0) is 12.8 Å². The van der Waals surface area contributed by atoms with Crippen molar-refractivity contribution in [2.24, 2.45) is 0 Å². The molecular formula is C16H22FNO2. The zero-order chi connectivity index (χ0) is 14.5. The van der Waals surface area contributed by atoms with Crippen LogP contribution in [0.15, 0.2) is 12.1 Å². The third kappa shape index (κ3) is 3.11. The lowest BCUT2D eigenvalue weighted by molar-refractivity contribution is 0.155. The minimum Gasteiger partial charge on any atom is -0.407 e. The molecule has 1 amide bonds. The Morgan fingerprint density at radius 1 is 1.20 bits per heavy atom. The summed E-state index contributed by atoms with van der Waals surface area (Å²) in [5.41, 5.74) is 1.99. The molecule has 1 aliphatic rings. The van der Waals surface area contributed by atoms with Gasteiger partial charge in [0.15, 0.2) is 11.6 Å². The largest absolute Gasteiger partial charge is 0.415 e. The molecule has 20 heavy (non-hydrogen) atoms. The number of rotatable bonds is 3. The van der Waals surface area contributed by atoms with Gasteiger partial charge in [0.25, 0.3) is 0 Å². The van der Waals surface area contributed by atoms with Crippen molar-refractivity contribution in [2.75, 3.05) is 13.1 Å². The van der Waals surface area contributed by atoms with Crippen LogP contribution in [-0.4, -0.2) is 24.1 Å². The second kappa shape index (κ2) is 6.73. The van der Waals surface area contributed by atoms with E-state index >= 15 is 0 Å². The van der Waals surface area contributed by atoms with Crippen LogP contribution in [0.4, 0.5) is 9.18 Å². The molecule has 3 nitrogen and oxygen atoms in total. The first-order chi connectivity index (χ1) is 9.67. The van der Waals surface area contributed by atoms with Gasteiger partial charge in [-0.3, -0.25) is 0 Å². The third-order valence-electron chi connectivity index (χ3n) is 3.89. The number of nitrogens with zero attached hydrogens (tertiary/aromatic N) is 1. The van der Waals surface area contributed by atoms with Gasteiger partial charge in [-0.25, -0.2) is 9.18 Å². The summed E-state index contributed by atoms with van der Waals surface area (Å²) in [7, 11) is 0. The van der Waals surface area contributed by atoms with Crippen molar-refractivity contribution in [2.45, 2.75) is 46.0 Å². The maximum Gasteiger partial charge on any atom is 0.415 e. The van der Waals surface area contributed by atoms with Crippen molar-refractivity contribution in [3.63, 3.8) is 0 Å². The van der Waals surface area contributed by atoms with Crippen LogP contribution >= 0.6 is 0 Å². The lowest BCUT2D eigenvalue weighted by Crippen LogP contribution is -2.33. The number of aryl methyl sites for hydroxylation is 1. The highest BCUT2D eigenvalue weighted by atomic mass is 19.1. The van der Waals surface area contributed by atoms with Crippen molar-refractivity contribution in [3.8, 4) is 5.75 Å². The van der Waals surface area contributed by atoms with Gasteiger partial charge in [-0.15, -0.1) is 0 Å². The summed E-state index contributed by atoms with van der Waals surface area (Å²) in [5, 5.41) is 0. The molecule has 0 saturated heterocycles. The Morgan fingerprint density at radius 3 is 2.60 bits per heavy atom. The minimum absolute atomic E-state index is 0.140. The molecule has 1 aliphatic carbocycles. The lowest BCUT2D eigenvalue weighted by Gasteiger charge is -2.20. The molecule has 0 heterocycles. The van der Waals surface area contributed by atoms with Gasteiger partial charge in [0.2, 0.25) is 0 Å². The van der Waals surface area contributed by atoms with E-state index in [-0.39, 0.29) is 5.75 Å². The molecular weight excluding hydrogens is 257 g/mol. The first-order valence-corrected chi connectivity index (χ1v) is 7.44. The summed E-state index contributed by atoms with van der Waals surface area (Å²) >= 11 is 0. The Hall–Kier alpha value is -1.58. The van der Waals surface area contributed by atoms with E-state index in [4.69, 9.17) is 4.74 Å². The summed E-state index contributed by atoms with van der Waals surface area (Å²) < 4.78 is 19.4. The number of halogens is 1. The normalized spacial score (nSPS) is 14.3. The number of carbonyl (C=O) groups excluding carboxylic acids is 1. The molecule has 1 aromatic carbocycles. The number of benzene rings is 1. The van der Waals surface area contributed by atoms with E-state index < -0.39 is 11.9 Å². The Bertz CT molecular complexity index is 484. The topological polar surface area (TPSA) is 29.5 Å². The van der Waals surface area contributed by atoms with Gasteiger partial charge < -0.3 is 9.64 Å². The Morgan fingerprint density at radius 2 is 1.90 bits per heavy atom. The molecule has 1 aromatic rings. The molecule has 0 aliphatic heterocycles. The zero-order valence-corrected chi connectivity index (χ0v) is 12.2. The van der Waals surface area contributed by atoms with Crippen LogP contribution in [0.1, 0.15) is 44.2 Å². The second-order valence-electron chi connectivity index (χ2n) is 5.12. The van der Waals surface area contributed by atoms with E-state index in [2.05, 4.69) is 0 Å². The molecule has 0 atom stereocenters. The van der Waals surface area contributed by atoms with E-state index in [0.717, 1.165) is 43.2 Å². The van der Waals surface area contributed by atoms with E-state index in [0.29, 0.717) is 13.1 Å². The van der Waals surface area contributed by atoms with E-state index in [1.165, 1.54) is 6.07 Å². The maximum atomic E-state index is 14.0. The van der Waals surface area contributed by atoms with Crippen LogP contribution in [0.25, 0.3) is 0 Å². The summed E-state index contributed by atoms with van der Waals surface area (Å²) in [6.07, 6.45) is 4.53. The van der Waals surface area contributed by atoms with Crippen molar-refractivity contribution in [3.05, 3.63) is 29.1 Å². The smallest absolute Gasteiger partial charge is 0.407 e. The number of hydrogen-bond donors (Lipinski definition) is 0. The van der Waals surface area contributed by atoms with Gasteiger partial charge in [-0.2, -0.15) is 0 Å². The molecule has 0 fully saturated rings. The molecule has 110 valence electrons. The standard InChI is InChI=1S/C16H22FNO2/c1-3-18(4-2)16(19)20-15-13-9-7-5-6-8-12(13)10-11-14(15)17/h10-11H,3-9H2,1-2H3. The second-order valence-corrected chi connectivity index (χ2v) is 5.12. The molecule has 0 aromatic heterocycles. The Labute approximate surface area is 119 Å². The number of hydrogen-bond acceptors (Lipinski definition) is 2. The zero-order valence-electron chi connectivity index (χ0n) is 12.2. The van der Waals surface area contributed by atoms with Crippen molar-refractivity contribution in [1.82, 2.24) is 4.90 Å². The number of ether oxygens (including phenoxy) is 1. The van der Waals surface area contributed by atoms with Crippen molar-refractivity contribution >= 4 is 6.09 Å². The number of carbonyl (C=O) groups is 1. The fourth-order valence-corrected chi connectivity index (χ4v) is 2.69. The van der Waals surface area contributed by atoms with Crippen molar-refractivity contribution in [1.29, 1.82) is 0 Å². The van der Waals surface area contributed by atoms with E-state index in [1.807, 2.05) is 19.9 Å². The van der Waals surface area contributed by atoms with Crippen LogP contribution in [0.2, 0.25) is 0 Å². The highest BCUT2D eigenvalue weighted by molar-refractivity contribution is 5.71. The van der Waals surface area contributed by atoms with E-state index in [1.54, 1.807) is 4.90 Å². The average Bonchev–Trinajstić information content (AvgIpc) is 2.69. The first kappa shape index (κ1) is 14.8. The molecule has 2 rings (SSSR count). The average molecular weight is 279 g/mol. The third-order valence-corrected chi connectivity index (χ3v) is 3.89. The number of fused-ring (bicyclic) bond motifs is 1. The predicted octanol–water partition coefficient (Wildman–Crippen LogP) is 3.94. The molecule has 4 heteroatoms. The van der Waals surface area contributed by atoms with Gasteiger partial charge in [0.05, 0.1) is 0 Å². The van der Waals surface area contributed by atoms with Crippen LogP contribution in [0.3, 0.4) is 0 Å². The molecule has 0 bridgehead atoms. The van der Waals surface area contributed by atoms with Crippen LogP contribution in [0, 0.1) is 5.82 Å². The summed E-state index contributed by atoms with van der Waals surface area (Å²) in [6, 6.07) is 3.24. The molecule has 0 saturated carbocycles. The fraction of sp³-hybridized carbons (Fsp3) is 0.562. The summed E-state index contributed by atoms with van der Waals surface area (Å²) in [4.78, 5) is 13.6.